The molecule has 0 amide bonds. The topological polar surface area (TPSA) is 3.24 Å². The minimum absolute atomic E-state index is 0.420. The average Bonchev–Trinajstić information content (AvgIpc) is 1.97. The van der Waals surface area contributed by atoms with Crippen LogP contribution in [0.3, 0.4) is 0 Å². The van der Waals surface area contributed by atoms with E-state index in [0.29, 0.717) is 11.5 Å². The first kappa shape index (κ1) is 11.0. The molecule has 2 rings (SSSR count). The predicted octanol–water partition coefficient (Wildman–Crippen LogP) is 2.85. The van der Waals surface area contributed by atoms with Gasteiger partial charge in [0.15, 0.2) is 0 Å². The molecule has 13 heavy (non-hydrogen) atoms. The van der Waals surface area contributed by atoms with E-state index in [9.17, 15) is 4.39 Å². The fraction of sp³-hybridized carbons (Fsp3) is 1.00. The van der Waals surface area contributed by atoms with Gasteiger partial charge in [-0.15, -0.1) is 0 Å². The lowest BCUT2D eigenvalue weighted by molar-refractivity contribution is -0.114. The van der Waals surface area contributed by atoms with Gasteiger partial charge >= 0.3 is 0 Å². The molecule has 0 aromatic carbocycles. The Bertz CT molecular complexity index is 153. The summed E-state index contributed by atoms with van der Waals surface area (Å²) >= 11 is 0. The van der Waals surface area contributed by atoms with Crippen molar-refractivity contribution in [2.45, 2.75) is 52.8 Å². The molecule has 0 bridgehead atoms. The summed E-state index contributed by atoms with van der Waals surface area (Å²) in [6.07, 6.45) is 1.18. The van der Waals surface area contributed by atoms with E-state index in [0.717, 1.165) is 25.9 Å². The van der Waals surface area contributed by atoms with E-state index >= 15 is 0 Å². The Morgan fingerprint density at radius 3 is 2.00 bits per heavy atom. The van der Waals surface area contributed by atoms with E-state index in [1.165, 1.54) is 0 Å². The number of halogens is 1. The largest absolute Gasteiger partial charge is 0.300 e. The van der Waals surface area contributed by atoms with Crippen molar-refractivity contribution in [2.75, 3.05) is 13.1 Å². The molecule has 78 valence electrons. The van der Waals surface area contributed by atoms with E-state index in [1.807, 2.05) is 13.8 Å². The molecule has 0 radical (unpaired) electrons. The standard InChI is InChI=1S/C9H16FN.C2H6/c1-7(2)11-5-9(6-11)3-8(10)4-9;1-2/h7-8H,3-6H2,1-2H3;1-2H3. The molecule has 1 saturated heterocycles. The lowest BCUT2D eigenvalue weighted by atomic mass is 9.62. The average molecular weight is 187 g/mol. The minimum Gasteiger partial charge on any atom is -0.300 e. The summed E-state index contributed by atoms with van der Waals surface area (Å²) in [6.45, 7) is 10.7. The van der Waals surface area contributed by atoms with Crippen LogP contribution < -0.4 is 0 Å². The van der Waals surface area contributed by atoms with Gasteiger partial charge in [-0.3, -0.25) is 4.90 Å². The van der Waals surface area contributed by atoms with Crippen molar-refractivity contribution in [3.8, 4) is 0 Å². The first-order valence-electron chi connectivity index (χ1n) is 5.49. The fourth-order valence-corrected chi connectivity index (χ4v) is 2.32. The van der Waals surface area contributed by atoms with Gasteiger partial charge in [-0.25, -0.2) is 4.39 Å². The number of alkyl halides is 1. The van der Waals surface area contributed by atoms with Crippen molar-refractivity contribution in [3.05, 3.63) is 0 Å². The first-order valence-corrected chi connectivity index (χ1v) is 5.49. The van der Waals surface area contributed by atoms with Crippen molar-refractivity contribution in [3.63, 3.8) is 0 Å². The Morgan fingerprint density at radius 2 is 1.69 bits per heavy atom. The van der Waals surface area contributed by atoms with Crippen LogP contribution in [-0.4, -0.2) is 30.2 Å². The summed E-state index contributed by atoms with van der Waals surface area (Å²) in [6, 6.07) is 0.652. The second kappa shape index (κ2) is 3.95. The first-order chi connectivity index (χ1) is 6.11. The number of likely N-dealkylation sites (tertiary alicyclic amines) is 1. The van der Waals surface area contributed by atoms with Crippen LogP contribution in [0.2, 0.25) is 0 Å². The Balaban J connectivity index is 0.000000396. The van der Waals surface area contributed by atoms with Gasteiger partial charge in [0, 0.05) is 24.5 Å². The van der Waals surface area contributed by atoms with Gasteiger partial charge in [-0.1, -0.05) is 13.8 Å². The third-order valence-electron chi connectivity index (χ3n) is 3.12. The molecule has 2 fully saturated rings. The van der Waals surface area contributed by atoms with Gasteiger partial charge in [0.1, 0.15) is 6.17 Å². The van der Waals surface area contributed by atoms with Gasteiger partial charge < -0.3 is 0 Å². The van der Waals surface area contributed by atoms with Gasteiger partial charge in [-0.05, 0) is 26.7 Å². The molecule has 0 aromatic heterocycles. The van der Waals surface area contributed by atoms with Crippen molar-refractivity contribution in [2.24, 2.45) is 5.41 Å². The second-order valence-electron chi connectivity index (χ2n) is 4.50. The summed E-state index contributed by atoms with van der Waals surface area (Å²) in [7, 11) is 0. The smallest absolute Gasteiger partial charge is 0.101 e. The number of nitrogens with zero attached hydrogens (tertiary/aromatic N) is 1. The van der Waals surface area contributed by atoms with E-state index in [2.05, 4.69) is 18.7 Å². The van der Waals surface area contributed by atoms with Crippen LogP contribution >= 0.6 is 0 Å². The molecule has 1 aliphatic heterocycles. The Labute approximate surface area is 81.3 Å². The summed E-state index contributed by atoms with van der Waals surface area (Å²) in [5.41, 5.74) is 0.420. The van der Waals surface area contributed by atoms with Gasteiger partial charge in [0.05, 0.1) is 0 Å². The van der Waals surface area contributed by atoms with E-state index in [-0.39, 0.29) is 0 Å². The molecule has 0 aromatic rings. The molecule has 2 heteroatoms. The molecule has 1 spiro atoms. The highest BCUT2D eigenvalue weighted by Crippen LogP contribution is 2.50. The SMILES string of the molecule is CC.CC(C)N1CC2(CC(F)C2)C1. The Kier molecular flexibility index (Phi) is 3.33. The van der Waals surface area contributed by atoms with Gasteiger partial charge in [-0.2, -0.15) is 0 Å². The highest BCUT2D eigenvalue weighted by molar-refractivity contribution is 5.05. The van der Waals surface area contributed by atoms with E-state index in [1.54, 1.807) is 0 Å². The van der Waals surface area contributed by atoms with Crippen LogP contribution in [0, 0.1) is 5.41 Å². The number of rotatable bonds is 1. The Hall–Kier alpha value is -0.110. The maximum Gasteiger partial charge on any atom is 0.101 e. The predicted molar refractivity (Wildman–Crippen MR) is 54.6 cm³/mol. The summed E-state index contributed by atoms with van der Waals surface area (Å²) < 4.78 is 12.5. The summed E-state index contributed by atoms with van der Waals surface area (Å²) in [4.78, 5) is 2.42. The molecule has 1 nitrogen and oxygen atoms in total. The van der Waals surface area contributed by atoms with Crippen LogP contribution in [-0.2, 0) is 0 Å². The van der Waals surface area contributed by atoms with Gasteiger partial charge in [0.2, 0.25) is 0 Å². The maximum atomic E-state index is 12.5. The monoisotopic (exact) mass is 187 g/mol. The molecule has 1 saturated carbocycles. The lowest BCUT2D eigenvalue weighted by Crippen LogP contribution is -2.64. The quantitative estimate of drug-likeness (QED) is 0.610. The zero-order chi connectivity index (χ0) is 10.1. The molecular weight excluding hydrogens is 165 g/mol. The molecule has 2 aliphatic rings. The fourth-order valence-electron chi connectivity index (χ4n) is 2.32. The van der Waals surface area contributed by atoms with Crippen molar-refractivity contribution in [1.82, 2.24) is 4.90 Å². The molecule has 1 aliphatic carbocycles. The summed E-state index contributed by atoms with van der Waals surface area (Å²) in [5.74, 6) is 0. The molecule has 1 heterocycles. The second-order valence-corrected chi connectivity index (χ2v) is 4.50. The third-order valence-corrected chi connectivity index (χ3v) is 3.12. The minimum atomic E-state index is -0.482. The van der Waals surface area contributed by atoms with Crippen molar-refractivity contribution in [1.29, 1.82) is 0 Å². The zero-order valence-corrected chi connectivity index (χ0v) is 9.31. The van der Waals surface area contributed by atoms with Crippen LogP contribution in [0.15, 0.2) is 0 Å². The van der Waals surface area contributed by atoms with Crippen LogP contribution in [0.1, 0.15) is 40.5 Å². The molecule has 0 unspecified atom stereocenters. The Morgan fingerprint density at radius 1 is 1.23 bits per heavy atom. The molecular formula is C11H22FN. The van der Waals surface area contributed by atoms with Crippen LogP contribution in [0.5, 0.6) is 0 Å². The summed E-state index contributed by atoms with van der Waals surface area (Å²) in [5, 5.41) is 0. The van der Waals surface area contributed by atoms with Crippen molar-refractivity contribution < 1.29 is 4.39 Å². The zero-order valence-electron chi connectivity index (χ0n) is 9.31. The normalized spacial score (nSPS) is 26.3. The van der Waals surface area contributed by atoms with E-state index < -0.39 is 6.17 Å². The molecule has 0 N–H and O–H groups in total. The van der Waals surface area contributed by atoms with Gasteiger partial charge in [0.25, 0.3) is 0 Å². The number of hydrogen-bond acceptors (Lipinski definition) is 1. The lowest BCUT2D eigenvalue weighted by Gasteiger charge is -2.58. The highest BCUT2D eigenvalue weighted by atomic mass is 19.1. The number of hydrogen-bond donors (Lipinski definition) is 0. The maximum absolute atomic E-state index is 12.5. The van der Waals surface area contributed by atoms with Crippen LogP contribution in [0.4, 0.5) is 4.39 Å². The third kappa shape index (κ3) is 2.04. The van der Waals surface area contributed by atoms with Crippen molar-refractivity contribution >= 4 is 0 Å². The molecule has 0 atom stereocenters. The van der Waals surface area contributed by atoms with E-state index in [4.69, 9.17) is 0 Å². The highest BCUT2D eigenvalue weighted by Gasteiger charge is 2.52. The van der Waals surface area contributed by atoms with Crippen LogP contribution in [0.25, 0.3) is 0 Å².